The topological polar surface area (TPSA) is 113 Å². The zero-order valence-corrected chi connectivity index (χ0v) is 13.3. The summed E-state index contributed by atoms with van der Waals surface area (Å²) in [5.41, 5.74) is 8.59. The molecule has 2 aromatic carbocycles. The van der Waals surface area contributed by atoms with E-state index in [0.717, 1.165) is 5.56 Å². The summed E-state index contributed by atoms with van der Waals surface area (Å²) >= 11 is 0. The van der Waals surface area contributed by atoms with Gasteiger partial charge in [-0.25, -0.2) is 4.79 Å². The van der Waals surface area contributed by atoms with Gasteiger partial charge in [0.25, 0.3) is 0 Å². The van der Waals surface area contributed by atoms with Crippen LogP contribution >= 0.6 is 0 Å². The van der Waals surface area contributed by atoms with Crippen LogP contribution < -0.4 is 16.4 Å². The highest BCUT2D eigenvalue weighted by atomic mass is 16.2. The minimum absolute atomic E-state index is 0.0530. The summed E-state index contributed by atoms with van der Waals surface area (Å²) in [7, 11) is 0. The van der Waals surface area contributed by atoms with Gasteiger partial charge in [0.15, 0.2) is 0 Å². The predicted molar refractivity (Wildman–Crippen MR) is 96.0 cm³/mol. The van der Waals surface area contributed by atoms with Gasteiger partial charge in [-0.15, -0.1) is 0 Å². The summed E-state index contributed by atoms with van der Waals surface area (Å²) in [4.78, 5) is 23.5. The van der Waals surface area contributed by atoms with Crippen molar-refractivity contribution in [3.05, 3.63) is 66.4 Å². The average molecular weight is 335 g/mol. The maximum Gasteiger partial charge on any atom is 0.323 e. The molecule has 3 rings (SSSR count). The fraction of sp³-hybridized carbons (Fsp3) is 0.0556. The minimum atomic E-state index is -0.462. The molecular weight excluding hydrogens is 318 g/mol. The smallest absolute Gasteiger partial charge is 0.323 e. The Kier molecular flexibility index (Phi) is 4.75. The number of aromatic nitrogens is 2. The van der Waals surface area contributed by atoms with E-state index in [1.807, 2.05) is 30.3 Å². The van der Waals surface area contributed by atoms with E-state index in [2.05, 4.69) is 20.8 Å². The van der Waals surface area contributed by atoms with E-state index in [9.17, 15) is 9.59 Å². The highest BCUT2D eigenvalue weighted by Crippen LogP contribution is 2.25. The van der Waals surface area contributed by atoms with Crippen molar-refractivity contribution in [2.45, 2.75) is 6.42 Å². The van der Waals surface area contributed by atoms with Gasteiger partial charge in [0.1, 0.15) is 0 Å². The van der Waals surface area contributed by atoms with Gasteiger partial charge in [0.05, 0.1) is 24.0 Å². The third-order valence-corrected chi connectivity index (χ3v) is 3.58. The Hall–Kier alpha value is -3.61. The number of rotatable bonds is 5. The van der Waals surface area contributed by atoms with E-state index in [4.69, 9.17) is 5.73 Å². The number of H-pyrrole nitrogens is 1. The first kappa shape index (κ1) is 16.3. The second kappa shape index (κ2) is 7.31. The molecule has 7 heteroatoms. The number of urea groups is 1. The number of nitrogens with two attached hydrogens (primary N) is 1. The number of amides is 3. The van der Waals surface area contributed by atoms with Crippen LogP contribution in [0.2, 0.25) is 0 Å². The molecule has 0 radical (unpaired) electrons. The van der Waals surface area contributed by atoms with Gasteiger partial charge in [-0.2, -0.15) is 5.10 Å². The fourth-order valence-electron chi connectivity index (χ4n) is 2.47. The van der Waals surface area contributed by atoms with Crippen LogP contribution in [0.25, 0.3) is 11.3 Å². The van der Waals surface area contributed by atoms with Crippen molar-refractivity contribution < 1.29 is 9.59 Å². The van der Waals surface area contributed by atoms with Crippen LogP contribution in [0.3, 0.4) is 0 Å². The van der Waals surface area contributed by atoms with Gasteiger partial charge in [-0.1, -0.05) is 48.5 Å². The Morgan fingerprint density at radius 3 is 2.40 bits per heavy atom. The summed E-state index contributed by atoms with van der Waals surface area (Å²) in [5, 5.41) is 12.4. The Balaban J connectivity index is 1.75. The summed E-state index contributed by atoms with van der Waals surface area (Å²) in [6.45, 7) is 0. The Morgan fingerprint density at radius 2 is 1.64 bits per heavy atom. The van der Waals surface area contributed by atoms with Gasteiger partial charge in [-0.05, 0) is 11.6 Å². The number of para-hydroxylation sites is 1. The average Bonchev–Trinajstić information content (AvgIpc) is 3.05. The highest BCUT2D eigenvalue weighted by molar-refractivity contribution is 6.02. The van der Waals surface area contributed by atoms with E-state index in [1.54, 1.807) is 24.3 Å². The number of benzene rings is 2. The summed E-state index contributed by atoms with van der Waals surface area (Å²) in [6, 6.07) is 16.1. The van der Waals surface area contributed by atoms with Gasteiger partial charge in [-0.3, -0.25) is 9.89 Å². The molecule has 7 nitrogen and oxygen atoms in total. The number of nitrogens with zero attached hydrogens (tertiary/aromatic N) is 1. The van der Waals surface area contributed by atoms with Crippen LogP contribution in [-0.2, 0) is 11.2 Å². The highest BCUT2D eigenvalue weighted by Gasteiger charge is 2.12. The molecule has 0 aliphatic heterocycles. The molecule has 0 saturated carbocycles. The summed E-state index contributed by atoms with van der Waals surface area (Å²) in [5.74, 6) is -0.462. The number of nitrogens with one attached hydrogen (secondary N) is 3. The van der Waals surface area contributed by atoms with Gasteiger partial charge in [0.2, 0.25) is 5.91 Å². The van der Waals surface area contributed by atoms with Crippen LogP contribution in [0, 0.1) is 0 Å². The lowest BCUT2D eigenvalue weighted by atomic mass is 10.1. The maximum atomic E-state index is 12.3. The lowest BCUT2D eigenvalue weighted by Gasteiger charge is -2.11. The van der Waals surface area contributed by atoms with Crippen molar-refractivity contribution in [1.82, 2.24) is 10.2 Å². The second-order valence-electron chi connectivity index (χ2n) is 5.40. The lowest BCUT2D eigenvalue weighted by molar-refractivity contribution is -0.117. The summed E-state index contributed by atoms with van der Waals surface area (Å²) in [6.07, 6.45) is 1.59. The molecule has 3 aromatic rings. The number of aromatic amines is 1. The second-order valence-corrected chi connectivity index (χ2v) is 5.40. The van der Waals surface area contributed by atoms with Gasteiger partial charge in [0, 0.05) is 11.3 Å². The Labute approximate surface area is 144 Å². The van der Waals surface area contributed by atoms with Crippen molar-refractivity contribution in [3.63, 3.8) is 0 Å². The first-order valence-electron chi connectivity index (χ1n) is 7.66. The zero-order chi connectivity index (χ0) is 17.6. The molecule has 5 N–H and O–H groups in total. The maximum absolute atomic E-state index is 12.3. The van der Waals surface area contributed by atoms with E-state index >= 15 is 0 Å². The Bertz CT molecular complexity index is 889. The number of primary amides is 1. The third kappa shape index (κ3) is 4.03. The SMILES string of the molecule is NC(=O)Cc1ccccc1NC(=O)Nc1cn[nH]c1-c1ccccc1. The molecule has 0 atom stereocenters. The van der Waals surface area contributed by atoms with Crippen LogP contribution in [0.15, 0.2) is 60.8 Å². The predicted octanol–water partition coefficient (Wildman–Crippen LogP) is 2.75. The zero-order valence-electron chi connectivity index (χ0n) is 13.3. The fourth-order valence-corrected chi connectivity index (χ4v) is 2.47. The van der Waals surface area contributed by atoms with E-state index < -0.39 is 11.9 Å². The van der Waals surface area contributed by atoms with Crippen LogP contribution in [-0.4, -0.2) is 22.1 Å². The van der Waals surface area contributed by atoms with Crippen molar-refractivity contribution in [2.24, 2.45) is 5.73 Å². The van der Waals surface area contributed by atoms with E-state index in [0.29, 0.717) is 22.6 Å². The molecule has 0 unspecified atom stereocenters. The molecular formula is C18H17N5O2. The van der Waals surface area contributed by atoms with Crippen molar-refractivity contribution in [2.75, 3.05) is 10.6 Å². The third-order valence-electron chi connectivity index (χ3n) is 3.58. The standard InChI is InChI=1S/C18H17N5O2/c19-16(24)10-13-8-4-5-9-14(13)21-18(25)22-15-11-20-23-17(15)12-6-2-1-3-7-12/h1-9,11H,10H2,(H2,19,24)(H,20,23)(H2,21,22,25). The minimum Gasteiger partial charge on any atom is -0.369 e. The molecule has 0 spiro atoms. The van der Waals surface area contributed by atoms with Crippen LogP contribution in [0.5, 0.6) is 0 Å². The molecule has 25 heavy (non-hydrogen) atoms. The Morgan fingerprint density at radius 1 is 0.960 bits per heavy atom. The van der Waals surface area contributed by atoms with E-state index in [1.165, 1.54) is 6.20 Å². The van der Waals surface area contributed by atoms with Crippen molar-refractivity contribution >= 4 is 23.3 Å². The molecule has 3 amide bonds. The monoisotopic (exact) mass is 335 g/mol. The molecule has 126 valence electrons. The molecule has 1 aromatic heterocycles. The number of anilines is 2. The van der Waals surface area contributed by atoms with Crippen molar-refractivity contribution in [3.8, 4) is 11.3 Å². The van der Waals surface area contributed by atoms with Gasteiger partial charge >= 0.3 is 6.03 Å². The number of hydrogen-bond acceptors (Lipinski definition) is 3. The lowest BCUT2D eigenvalue weighted by Crippen LogP contribution is -2.21. The number of carbonyl (C=O) groups excluding carboxylic acids is 2. The largest absolute Gasteiger partial charge is 0.369 e. The van der Waals surface area contributed by atoms with Crippen LogP contribution in [0.1, 0.15) is 5.56 Å². The quantitative estimate of drug-likeness (QED) is 0.575. The normalized spacial score (nSPS) is 10.2. The number of carbonyl (C=O) groups is 2. The molecule has 0 aliphatic carbocycles. The molecule has 0 bridgehead atoms. The molecule has 0 saturated heterocycles. The van der Waals surface area contributed by atoms with Crippen molar-refractivity contribution in [1.29, 1.82) is 0 Å². The molecule has 0 fully saturated rings. The van der Waals surface area contributed by atoms with Crippen LogP contribution in [0.4, 0.5) is 16.2 Å². The molecule has 1 heterocycles. The van der Waals surface area contributed by atoms with E-state index in [-0.39, 0.29) is 6.42 Å². The first-order chi connectivity index (χ1) is 12.1. The number of hydrogen-bond donors (Lipinski definition) is 4. The summed E-state index contributed by atoms with van der Waals surface area (Å²) < 4.78 is 0. The first-order valence-corrected chi connectivity index (χ1v) is 7.66. The molecule has 0 aliphatic rings. The van der Waals surface area contributed by atoms with Gasteiger partial charge < -0.3 is 16.4 Å².